The van der Waals surface area contributed by atoms with Crippen LogP contribution in [0.3, 0.4) is 0 Å². The van der Waals surface area contributed by atoms with Crippen LogP contribution in [0.5, 0.6) is 0 Å². The predicted molar refractivity (Wildman–Crippen MR) is 59.1 cm³/mol. The first-order valence-corrected chi connectivity index (χ1v) is 4.73. The molecular formula is C13H12N2. The number of hydrogen-bond donors (Lipinski definition) is 0. The minimum absolute atomic E-state index is 1.03. The van der Waals surface area contributed by atoms with Gasteiger partial charge in [-0.3, -0.25) is 0 Å². The fraction of sp³-hybridized carbons (Fsp3) is 0.0769. The van der Waals surface area contributed by atoms with Crippen LogP contribution in [0, 0.1) is 10.8 Å². The van der Waals surface area contributed by atoms with E-state index in [9.17, 15) is 0 Å². The summed E-state index contributed by atoms with van der Waals surface area (Å²) in [5.74, 6) is 0. The number of hydrogen-bond acceptors (Lipinski definition) is 2. The van der Waals surface area contributed by atoms with Gasteiger partial charge in [0.15, 0.2) is 0 Å². The van der Waals surface area contributed by atoms with E-state index in [1.165, 1.54) is 11.1 Å². The average molecular weight is 196 g/mol. The highest BCUT2D eigenvalue weighted by atomic mass is 14.6. The van der Waals surface area contributed by atoms with Crippen molar-refractivity contribution in [2.24, 2.45) is 0 Å². The lowest BCUT2D eigenvalue weighted by Gasteiger charge is -2.00. The highest BCUT2D eigenvalue weighted by Gasteiger charge is 1.92. The third-order valence-corrected chi connectivity index (χ3v) is 2.09. The van der Waals surface area contributed by atoms with Crippen LogP contribution in [0.15, 0.2) is 60.7 Å². The summed E-state index contributed by atoms with van der Waals surface area (Å²) in [6, 6.07) is 21.1. The van der Waals surface area contributed by atoms with Crippen LogP contribution in [0.2, 0.25) is 0 Å². The Balaban J connectivity index is 0.000000531. The first-order chi connectivity index (χ1) is 7.45. The largest absolute Gasteiger partial charge is 0.0622 e. The molecule has 2 aromatic rings. The van der Waals surface area contributed by atoms with E-state index in [1.807, 2.05) is 0 Å². The van der Waals surface area contributed by atoms with E-state index in [4.69, 9.17) is 10.8 Å². The second kappa shape index (κ2) is 6.33. The van der Waals surface area contributed by atoms with Crippen molar-refractivity contribution in [1.82, 2.24) is 0 Å². The second-order valence-electron chi connectivity index (χ2n) is 3.15. The molecule has 0 bridgehead atoms. The summed E-state index contributed by atoms with van der Waals surface area (Å²) in [5.41, 5.74) is 2.74. The topological polar surface area (TPSA) is 47.6 Å². The van der Waals surface area contributed by atoms with Crippen molar-refractivity contribution in [1.29, 1.82) is 10.8 Å². The van der Waals surface area contributed by atoms with Crippen LogP contribution in [0.4, 0.5) is 0 Å². The fourth-order valence-electron chi connectivity index (χ4n) is 1.43. The summed E-state index contributed by atoms with van der Waals surface area (Å²) >= 11 is 0. The Kier molecular flexibility index (Phi) is 4.62. The summed E-state index contributed by atoms with van der Waals surface area (Å²) in [6.45, 7) is 0. The van der Waals surface area contributed by atoms with Gasteiger partial charge in [-0.15, -0.1) is 0 Å². The van der Waals surface area contributed by atoms with E-state index in [1.54, 1.807) is 0 Å². The van der Waals surface area contributed by atoms with Crippen LogP contribution in [0.1, 0.15) is 11.1 Å². The summed E-state index contributed by atoms with van der Waals surface area (Å²) < 4.78 is 0. The molecular weight excluding hydrogens is 184 g/mol. The molecule has 0 N–H and O–H groups in total. The van der Waals surface area contributed by atoms with Crippen molar-refractivity contribution >= 4 is 0 Å². The van der Waals surface area contributed by atoms with Gasteiger partial charge in [0.25, 0.3) is 0 Å². The molecule has 0 amide bonds. The maximum atomic E-state index is 6.00. The van der Waals surface area contributed by atoms with Gasteiger partial charge in [-0.05, 0) is 17.5 Å². The van der Waals surface area contributed by atoms with E-state index >= 15 is 0 Å². The van der Waals surface area contributed by atoms with Gasteiger partial charge >= 0.3 is 0 Å². The lowest BCUT2D eigenvalue weighted by Crippen LogP contribution is -1.85. The Labute approximate surface area is 89.6 Å². The highest BCUT2D eigenvalue weighted by molar-refractivity contribution is 5.25. The summed E-state index contributed by atoms with van der Waals surface area (Å²) in [5, 5.41) is 12.0. The van der Waals surface area contributed by atoms with E-state index in [-0.39, 0.29) is 0 Å². The Morgan fingerprint density at radius 3 is 1.27 bits per heavy atom. The summed E-state index contributed by atoms with van der Waals surface area (Å²) in [4.78, 5) is 0. The number of nitrogens with zero attached hydrogens (tertiary/aromatic N) is 2. The van der Waals surface area contributed by atoms with Gasteiger partial charge < -0.3 is 0 Å². The second-order valence-corrected chi connectivity index (χ2v) is 3.15. The molecule has 2 rings (SSSR count). The zero-order chi connectivity index (χ0) is 10.9. The average Bonchev–Trinajstić information content (AvgIpc) is 2.34. The maximum absolute atomic E-state index is 6.00. The maximum Gasteiger partial charge on any atom is 0 e. The molecule has 0 unspecified atom stereocenters. The first-order valence-electron chi connectivity index (χ1n) is 4.73. The van der Waals surface area contributed by atoms with E-state index in [0.717, 1.165) is 6.42 Å². The van der Waals surface area contributed by atoms with Crippen molar-refractivity contribution in [2.45, 2.75) is 6.42 Å². The highest BCUT2D eigenvalue weighted by Crippen LogP contribution is 2.07. The molecule has 0 saturated heterocycles. The lowest BCUT2D eigenvalue weighted by atomic mass is 10.1. The van der Waals surface area contributed by atoms with E-state index in [2.05, 4.69) is 60.7 Å². The van der Waals surface area contributed by atoms with Crippen molar-refractivity contribution in [3.63, 3.8) is 0 Å². The molecule has 0 radical (unpaired) electrons. The molecule has 0 spiro atoms. The quantitative estimate of drug-likeness (QED) is 0.692. The van der Waals surface area contributed by atoms with Crippen LogP contribution < -0.4 is 0 Å². The molecule has 0 aromatic heterocycles. The molecule has 0 aliphatic carbocycles. The smallest absolute Gasteiger partial charge is 0 e. The van der Waals surface area contributed by atoms with Gasteiger partial charge in [-0.25, -0.2) is 0 Å². The summed E-state index contributed by atoms with van der Waals surface area (Å²) in [6.07, 6.45) is 1.03. The SMILES string of the molecule is N#N.c1ccc(Cc2ccccc2)cc1. The van der Waals surface area contributed by atoms with Crippen LogP contribution >= 0.6 is 0 Å². The minimum Gasteiger partial charge on any atom is -0.0622 e. The molecule has 2 nitrogen and oxygen atoms in total. The zero-order valence-corrected chi connectivity index (χ0v) is 8.38. The first kappa shape index (κ1) is 10.9. The fourth-order valence-corrected chi connectivity index (χ4v) is 1.43. The van der Waals surface area contributed by atoms with Gasteiger partial charge in [0, 0.05) is 10.8 Å². The van der Waals surface area contributed by atoms with E-state index in [0.29, 0.717) is 0 Å². The predicted octanol–water partition coefficient (Wildman–Crippen LogP) is 3.31. The third-order valence-electron chi connectivity index (χ3n) is 2.09. The molecule has 0 fully saturated rings. The molecule has 2 aromatic carbocycles. The molecule has 15 heavy (non-hydrogen) atoms. The standard InChI is InChI=1S/C13H12.N2/c1-3-7-12(8-4-1)11-13-9-5-2-6-10-13;1-2/h1-10H,11H2;. The Morgan fingerprint density at radius 2 is 0.933 bits per heavy atom. The molecule has 0 atom stereocenters. The van der Waals surface area contributed by atoms with Crippen LogP contribution in [0.25, 0.3) is 0 Å². The van der Waals surface area contributed by atoms with Gasteiger partial charge in [0.05, 0.1) is 0 Å². The van der Waals surface area contributed by atoms with Crippen LogP contribution in [-0.2, 0) is 6.42 Å². The third kappa shape index (κ3) is 3.61. The van der Waals surface area contributed by atoms with Gasteiger partial charge in [-0.2, -0.15) is 0 Å². The molecule has 0 aliphatic heterocycles. The Bertz CT molecular complexity index is 355. The molecule has 0 saturated carbocycles. The van der Waals surface area contributed by atoms with Gasteiger partial charge in [0.2, 0.25) is 0 Å². The minimum atomic E-state index is 1.03. The molecule has 2 heteroatoms. The van der Waals surface area contributed by atoms with Crippen molar-refractivity contribution in [3.05, 3.63) is 71.8 Å². The molecule has 0 heterocycles. The lowest BCUT2D eigenvalue weighted by molar-refractivity contribution is 1.15. The van der Waals surface area contributed by atoms with Crippen molar-refractivity contribution in [3.8, 4) is 0 Å². The van der Waals surface area contributed by atoms with Crippen molar-refractivity contribution < 1.29 is 0 Å². The molecule has 74 valence electrons. The van der Waals surface area contributed by atoms with Crippen molar-refractivity contribution in [2.75, 3.05) is 0 Å². The number of rotatable bonds is 2. The van der Waals surface area contributed by atoms with Gasteiger partial charge in [0.1, 0.15) is 0 Å². The summed E-state index contributed by atoms with van der Waals surface area (Å²) in [7, 11) is 0. The monoisotopic (exact) mass is 196 g/mol. The van der Waals surface area contributed by atoms with Crippen LogP contribution in [-0.4, -0.2) is 0 Å². The zero-order valence-electron chi connectivity index (χ0n) is 8.38. The number of benzene rings is 2. The normalized spacial score (nSPS) is 8.67. The van der Waals surface area contributed by atoms with Gasteiger partial charge in [-0.1, -0.05) is 60.7 Å². The Morgan fingerprint density at radius 1 is 0.600 bits per heavy atom. The van der Waals surface area contributed by atoms with E-state index < -0.39 is 0 Å². The molecule has 0 aliphatic rings. The Hall–Kier alpha value is -2.14.